The van der Waals surface area contributed by atoms with Gasteiger partial charge in [0.1, 0.15) is 4.90 Å². The third kappa shape index (κ3) is 4.80. The maximum Gasteiger partial charge on any atom is 0.416 e. The Morgan fingerprint density at radius 3 is 2.23 bits per heavy atom. The van der Waals surface area contributed by atoms with Gasteiger partial charge in [0.15, 0.2) is 0 Å². The summed E-state index contributed by atoms with van der Waals surface area (Å²) in [7, 11) is -4.41. The van der Waals surface area contributed by atoms with Gasteiger partial charge >= 0.3 is 6.18 Å². The van der Waals surface area contributed by atoms with Crippen molar-refractivity contribution in [3.63, 3.8) is 0 Å². The molecule has 140 valence electrons. The molecule has 0 aromatic heterocycles. The molecule has 2 aromatic carbocycles. The number of rotatable bonds is 4. The Morgan fingerprint density at radius 2 is 1.69 bits per heavy atom. The van der Waals surface area contributed by atoms with Gasteiger partial charge in [-0.25, -0.2) is 8.42 Å². The van der Waals surface area contributed by atoms with E-state index in [1.54, 1.807) is 0 Å². The lowest BCUT2D eigenvalue weighted by Gasteiger charge is -2.13. The largest absolute Gasteiger partial charge is 0.416 e. The molecular formula is C15H11Cl2F3N2O3S. The summed E-state index contributed by atoms with van der Waals surface area (Å²) in [6.07, 6.45) is -4.72. The summed E-state index contributed by atoms with van der Waals surface area (Å²) in [5.74, 6) is -0.379. The van der Waals surface area contributed by atoms with E-state index in [2.05, 4.69) is 10.0 Å². The van der Waals surface area contributed by atoms with E-state index in [0.717, 1.165) is 6.07 Å². The fourth-order valence-electron chi connectivity index (χ4n) is 1.97. The zero-order valence-electron chi connectivity index (χ0n) is 13.0. The minimum Gasteiger partial charge on any atom is -0.325 e. The molecule has 2 aromatic rings. The third-order valence-corrected chi connectivity index (χ3v) is 5.26. The van der Waals surface area contributed by atoms with Crippen molar-refractivity contribution in [1.29, 1.82) is 0 Å². The van der Waals surface area contributed by atoms with Crippen molar-refractivity contribution in [3.05, 3.63) is 52.0 Å². The Balaban J connectivity index is 2.38. The Hall–Kier alpha value is -1.97. The van der Waals surface area contributed by atoms with Gasteiger partial charge in [-0.2, -0.15) is 13.2 Å². The van der Waals surface area contributed by atoms with E-state index in [1.165, 1.54) is 25.1 Å². The summed E-state index contributed by atoms with van der Waals surface area (Å²) < 4.78 is 65.3. The second kappa shape index (κ2) is 7.34. The van der Waals surface area contributed by atoms with E-state index in [0.29, 0.717) is 12.1 Å². The Kier molecular flexibility index (Phi) is 5.74. The Morgan fingerprint density at radius 1 is 1.04 bits per heavy atom. The number of sulfonamides is 1. The van der Waals surface area contributed by atoms with E-state index >= 15 is 0 Å². The van der Waals surface area contributed by atoms with Crippen LogP contribution in [0.2, 0.25) is 10.0 Å². The van der Waals surface area contributed by atoms with Crippen molar-refractivity contribution < 1.29 is 26.4 Å². The van der Waals surface area contributed by atoms with Crippen molar-refractivity contribution in [2.45, 2.75) is 18.0 Å². The van der Waals surface area contributed by atoms with Crippen LogP contribution in [0.3, 0.4) is 0 Å². The quantitative estimate of drug-likeness (QED) is 0.738. The number of hydrogen-bond donors (Lipinski definition) is 2. The van der Waals surface area contributed by atoms with Crippen molar-refractivity contribution in [2.75, 3.05) is 10.0 Å². The smallest absolute Gasteiger partial charge is 0.325 e. The van der Waals surface area contributed by atoms with Gasteiger partial charge in [0, 0.05) is 6.92 Å². The third-order valence-electron chi connectivity index (χ3n) is 3.08. The highest BCUT2D eigenvalue weighted by Gasteiger charge is 2.32. The van der Waals surface area contributed by atoms with Crippen molar-refractivity contribution in [2.24, 2.45) is 0 Å². The molecule has 0 heterocycles. The van der Waals surface area contributed by atoms with Crippen LogP contribution in [0.15, 0.2) is 41.3 Å². The van der Waals surface area contributed by atoms with Crippen LogP contribution in [0.4, 0.5) is 24.5 Å². The van der Waals surface area contributed by atoms with E-state index < -0.39 is 26.7 Å². The normalized spacial score (nSPS) is 11.9. The number of benzene rings is 2. The number of carbonyl (C=O) groups excluding carboxylic acids is 1. The second-order valence-electron chi connectivity index (χ2n) is 5.12. The fraction of sp³-hybridized carbons (Fsp3) is 0.133. The first kappa shape index (κ1) is 20.3. The van der Waals surface area contributed by atoms with Crippen molar-refractivity contribution in [1.82, 2.24) is 0 Å². The van der Waals surface area contributed by atoms with Gasteiger partial charge in [-0.1, -0.05) is 23.2 Å². The molecule has 0 saturated carbocycles. The lowest BCUT2D eigenvalue weighted by molar-refractivity contribution is -0.137. The number of carbonyl (C=O) groups is 1. The average Bonchev–Trinajstić information content (AvgIpc) is 2.48. The van der Waals surface area contributed by atoms with Crippen LogP contribution in [-0.4, -0.2) is 14.3 Å². The van der Waals surface area contributed by atoms with Gasteiger partial charge in [0.05, 0.1) is 27.0 Å². The molecule has 0 fully saturated rings. The molecule has 0 atom stereocenters. The number of halogens is 5. The highest BCUT2D eigenvalue weighted by molar-refractivity contribution is 7.92. The van der Waals surface area contributed by atoms with Crippen LogP contribution in [0.5, 0.6) is 0 Å². The minimum atomic E-state index is -4.72. The van der Waals surface area contributed by atoms with Crippen LogP contribution in [0, 0.1) is 0 Å². The van der Waals surface area contributed by atoms with Gasteiger partial charge < -0.3 is 5.32 Å². The average molecular weight is 427 g/mol. The zero-order valence-corrected chi connectivity index (χ0v) is 15.3. The molecule has 0 saturated heterocycles. The van der Waals surface area contributed by atoms with Crippen LogP contribution in [0.25, 0.3) is 0 Å². The molecule has 11 heteroatoms. The molecule has 2 rings (SSSR count). The molecule has 0 aliphatic carbocycles. The van der Waals surface area contributed by atoms with Crippen LogP contribution >= 0.6 is 23.2 Å². The topological polar surface area (TPSA) is 75.3 Å². The maximum absolute atomic E-state index is 12.8. The van der Waals surface area contributed by atoms with Gasteiger partial charge in [-0.3, -0.25) is 9.52 Å². The van der Waals surface area contributed by atoms with E-state index in [1.807, 2.05) is 0 Å². The molecule has 2 N–H and O–H groups in total. The molecule has 26 heavy (non-hydrogen) atoms. The Labute approximate surface area is 157 Å². The van der Waals surface area contributed by atoms with Crippen molar-refractivity contribution in [3.8, 4) is 0 Å². The number of alkyl halides is 3. The van der Waals surface area contributed by atoms with Crippen LogP contribution in [0.1, 0.15) is 12.5 Å². The monoisotopic (exact) mass is 426 g/mol. The predicted octanol–water partition coefficient (Wildman–Crippen LogP) is 4.77. The van der Waals surface area contributed by atoms with Gasteiger partial charge in [-0.05, 0) is 36.4 Å². The molecule has 0 unspecified atom stereocenters. The van der Waals surface area contributed by atoms with E-state index in [4.69, 9.17) is 23.2 Å². The highest BCUT2D eigenvalue weighted by atomic mass is 35.5. The molecular weight excluding hydrogens is 416 g/mol. The summed E-state index contributed by atoms with van der Waals surface area (Å²) >= 11 is 11.7. The van der Waals surface area contributed by atoms with Gasteiger partial charge in [-0.15, -0.1) is 0 Å². The molecule has 5 nitrogen and oxygen atoms in total. The lowest BCUT2D eigenvalue weighted by Crippen LogP contribution is -2.15. The second-order valence-corrected chi connectivity index (χ2v) is 7.59. The summed E-state index contributed by atoms with van der Waals surface area (Å²) in [6, 6.07) is 5.81. The predicted molar refractivity (Wildman–Crippen MR) is 93.0 cm³/mol. The van der Waals surface area contributed by atoms with Crippen LogP contribution < -0.4 is 10.0 Å². The standard InChI is InChI=1S/C15H11Cl2F3N2O3S/c1-8(23)21-13-5-3-10(7-12(13)17)22-26(24,25)14-6-9(15(18,19)20)2-4-11(14)16/h2-7,22H,1H3,(H,21,23). The number of amides is 1. The van der Waals surface area contributed by atoms with Crippen molar-refractivity contribution >= 4 is 50.5 Å². The van der Waals surface area contributed by atoms with Gasteiger partial charge in [0.25, 0.3) is 10.0 Å². The Bertz CT molecular complexity index is 963. The number of nitrogens with one attached hydrogen (secondary N) is 2. The van der Waals surface area contributed by atoms with E-state index in [-0.39, 0.29) is 27.3 Å². The summed E-state index contributed by atoms with van der Waals surface area (Å²) in [5.41, 5.74) is -0.918. The minimum absolute atomic E-state index is 0.0161. The molecule has 0 bridgehead atoms. The lowest BCUT2D eigenvalue weighted by atomic mass is 10.2. The first-order valence-corrected chi connectivity index (χ1v) is 9.11. The summed E-state index contributed by atoms with van der Waals surface area (Å²) in [5, 5.41) is 2.10. The first-order chi connectivity index (χ1) is 11.9. The van der Waals surface area contributed by atoms with Crippen LogP contribution in [-0.2, 0) is 21.0 Å². The molecule has 0 aliphatic rings. The first-order valence-electron chi connectivity index (χ1n) is 6.87. The molecule has 1 amide bonds. The summed E-state index contributed by atoms with van der Waals surface area (Å²) in [6.45, 7) is 1.27. The number of hydrogen-bond acceptors (Lipinski definition) is 3. The molecule has 0 aliphatic heterocycles. The summed E-state index contributed by atoms with van der Waals surface area (Å²) in [4.78, 5) is 10.3. The molecule has 0 radical (unpaired) electrons. The fourth-order valence-corrected chi connectivity index (χ4v) is 3.77. The van der Waals surface area contributed by atoms with E-state index in [9.17, 15) is 26.4 Å². The zero-order chi connectivity index (χ0) is 19.7. The maximum atomic E-state index is 12.8. The number of anilines is 2. The molecule has 0 spiro atoms. The highest BCUT2D eigenvalue weighted by Crippen LogP contribution is 2.34. The SMILES string of the molecule is CC(=O)Nc1ccc(NS(=O)(=O)c2cc(C(F)(F)F)ccc2Cl)cc1Cl. The van der Waals surface area contributed by atoms with Gasteiger partial charge in [0.2, 0.25) is 5.91 Å².